The van der Waals surface area contributed by atoms with Gasteiger partial charge in [-0.3, -0.25) is 4.79 Å². The molecule has 3 aromatic heterocycles. The molecule has 2 N–H and O–H groups in total. The number of pyridine rings is 1. The van der Waals surface area contributed by atoms with Crippen LogP contribution in [0.3, 0.4) is 0 Å². The van der Waals surface area contributed by atoms with E-state index in [4.69, 9.17) is 4.74 Å². The quantitative estimate of drug-likeness (QED) is 0.666. The maximum Gasteiger partial charge on any atom is 0.407 e. The molecule has 1 unspecified atom stereocenters. The summed E-state index contributed by atoms with van der Waals surface area (Å²) >= 11 is 1.39. The molecule has 0 radical (unpaired) electrons. The first-order valence-electron chi connectivity index (χ1n) is 9.37. The minimum Gasteiger partial charge on any atom is -0.444 e. The summed E-state index contributed by atoms with van der Waals surface area (Å²) < 4.78 is 7.18. The van der Waals surface area contributed by atoms with Crippen molar-refractivity contribution in [3.05, 3.63) is 46.5 Å². The molecular weight excluding hydrogens is 390 g/mol. The van der Waals surface area contributed by atoms with Gasteiger partial charge < -0.3 is 19.6 Å². The lowest BCUT2D eigenvalue weighted by molar-refractivity contribution is 0.0505. The van der Waals surface area contributed by atoms with E-state index in [1.54, 1.807) is 18.5 Å². The number of alkyl carbamates (subject to hydrolysis) is 1. The molecule has 8 nitrogen and oxygen atoms in total. The molecule has 0 spiro atoms. The van der Waals surface area contributed by atoms with Gasteiger partial charge in [0.25, 0.3) is 5.91 Å². The first kappa shape index (κ1) is 20.8. The number of hydrogen-bond donors (Lipinski definition) is 2. The number of aromatic nitrogens is 3. The second kappa shape index (κ2) is 8.60. The number of carbonyl (C=O) groups excluding carboxylic acids is 2. The Morgan fingerprint density at radius 1 is 1.41 bits per heavy atom. The molecular formula is C20H25N5O3S. The van der Waals surface area contributed by atoms with Crippen molar-refractivity contribution in [2.75, 3.05) is 0 Å². The van der Waals surface area contributed by atoms with Crippen LogP contribution < -0.4 is 10.1 Å². The topological polar surface area (TPSA) is 101 Å². The van der Waals surface area contributed by atoms with Crippen molar-refractivity contribution < 1.29 is 14.3 Å². The Morgan fingerprint density at radius 2 is 2.21 bits per heavy atom. The molecule has 3 aromatic rings. The number of nitrogens with one attached hydrogen (secondary N) is 2. The van der Waals surface area contributed by atoms with Crippen LogP contribution in [0.5, 0.6) is 0 Å². The third-order valence-electron chi connectivity index (χ3n) is 4.10. The van der Waals surface area contributed by atoms with Crippen molar-refractivity contribution in [1.82, 2.24) is 19.9 Å². The second-order valence-corrected chi connectivity index (χ2v) is 8.61. The Hall–Kier alpha value is -2.94. The monoisotopic (exact) mass is 415 g/mol. The van der Waals surface area contributed by atoms with Crippen molar-refractivity contribution >= 4 is 34.4 Å². The predicted molar refractivity (Wildman–Crippen MR) is 112 cm³/mol. The number of fused-ring (bicyclic) bond motifs is 1. The fourth-order valence-corrected chi connectivity index (χ4v) is 3.50. The number of rotatable bonds is 5. The molecule has 154 valence electrons. The number of carbonyl (C=O) groups is 2. The highest BCUT2D eigenvalue weighted by atomic mass is 32.1. The van der Waals surface area contributed by atoms with Gasteiger partial charge in [-0.25, -0.2) is 9.78 Å². The Labute approximate surface area is 172 Å². The molecule has 29 heavy (non-hydrogen) atoms. The molecule has 2 amide bonds. The van der Waals surface area contributed by atoms with Crippen LogP contribution in [0.15, 0.2) is 41.1 Å². The van der Waals surface area contributed by atoms with Gasteiger partial charge in [-0.1, -0.05) is 0 Å². The number of thiazole rings is 1. The van der Waals surface area contributed by atoms with E-state index in [1.807, 2.05) is 49.9 Å². The summed E-state index contributed by atoms with van der Waals surface area (Å²) in [6.07, 6.45) is 5.42. The second-order valence-electron chi connectivity index (χ2n) is 7.73. The molecule has 0 saturated heterocycles. The fraction of sp³-hybridized carbons (Fsp3) is 0.400. The lowest BCUT2D eigenvalue weighted by Crippen LogP contribution is -2.38. The summed E-state index contributed by atoms with van der Waals surface area (Å²) in [4.78, 5) is 36.6. The van der Waals surface area contributed by atoms with Crippen LogP contribution in [-0.4, -0.2) is 38.2 Å². The zero-order valence-corrected chi connectivity index (χ0v) is 17.7. The largest absolute Gasteiger partial charge is 0.444 e. The van der Waals surface area contributed by atoms with E-state index in [9.17, 15) is 9.59 Å². The lowest BCUT2D eigenvalue weighted by Gasteiger charge is -2.22. The number of hydrogen-bond acceptors (Lipinski definition) is 5. The molecule has 0 saturated carbocycles. The van der Waals surface area contributed by atoms with Gasteiger partial charge in [-0.15, -0.1) is 11.3 Å². The van der Waals surface area contributed by atoms with E-state index >= 15 is 0 Å². The highest BCUT2D eigenvalue weighted by molar-refractivity contribution is 7.07. The molecule has 0 fully saturated rings. The molecule has 9 heteroatoms. The van der Waals surface area contributed by atoms with E-state index in [-0.39, 0.29) is 11.9 Å². The van der Waals surface area contributed by atoms with E-state index in [2.05, 4.69) is 20.3 Å². The van der Waals surface area contributed by atoms with Crippen LogP contribution in [0.1, 0.15) is 44.5 Å². The van der Waals surface area contributed by atoms with E-state index in [0.717, 1.165) is 5.39 Å². The van der Waals surface area contributed by atoms with Crippen molar-refractivity contribution in [3.8, 4) is 0 Å². The first-order valence-corrected chi connectivity index (χ1v) is 10.3. The number of aryl methyl sites for hydroxylation is 1. The number of aromatic amines is 1. The fourth-order valence-electron chi connectivity index (χ4n) is 2.75. The molecule has 0 bridgehead atoms. The van der Waals surface area contributed by atoms with Gasteiger partial charge in [0.2, 0.25) is 0 Å². The van der Waals surface area contributed by atoms with Gasteiger partial charge in [-0.2, -0.15) is 4.99 Å². The van der Waals surface area contributed by atoms with Crippen molar-refractivity contribution in [3.63, 3.8) is 0 Å². The first-order chi connectivity index (χ1) is 13.7. The summed E-state index contributed by atoms with van der Waals surface area (Å²) in [6, 6.07) is 3.55. The van der Waals surface area contributed by atoms with Gasteiger partial charge >= 0.3 is 6.09 Å². The SMILES string of the molecule is CC(CCn1ccsc1=NC(=O)c1c[nH]c2ncccc12)NC(=O)OC(C)(C)C. The van der Waals surface area contributed by atoms with Crippen LogP contribution in [0, 0.1) is 0 Å². The minimum absolute atomic E-state index is 0.0829. The standard InChI is InChI=1S/C20H25N5O3S/c1-13(23-19(27)28-20(2,3)4)7-9-25-10-11-29-18(25)24-17(26)15-12-22-16-14(15)6-5-8-21-16/h5-6,8,10-13H,7,9H2,1-4H3,(H,21,22)(H,23,27). The highest BCUT2D eigenvalue weighted by Gasteiger charge is 2.18. The Bertz CT molecular complexity index is 1070. The molecule has 0 aliphatic heterocycles. The zero-order valence-electron chi connectivity index (χ0n) is 16.9. The highest BCUT2D eigenvalue weighted by Crippen LogP contribution is 2.16. The Kier molecular flexibility index (Phi) is 6.17. The number of nitrogens with zero attached hydrogens (tertiary/aromatic N) is 3. The summed E-state index contributed by atoms with van der Waals surface area (Å²) in [6.45, 7) is 8.01. The third kappa shape index (κ3) is 5.54. The number of H-pyrrole nitrogens is 1. The van der Waals surface area contributed by atoms with Gasteiger partial charge in [0.1, 0.15) is 11.2 Å². The molecule has 1 atom stereocenters. The summed E-state index contributed by atoms with van der Waals surface area (Å²) in [5.41, 5.74) is 0.621. The molecule has 3 heterocycles. The van der Waals surface area contributed by atoms with Crippen LogP contribution in [0.25, 0.3) is 11.0 Å². The summed E-state index contributed by atoms with van der Waals surface area (Å²) in [5.74, 6) is -0.319. The average molecular weight is 416 g/mol. The number of amides is 2. The molecule has 0 aliphatic rings. The third-order valence-corrected chi connectivity index (χ3v) is 4.90. The van der Waals surface area contributed by atoms with Crippen molar-refractivity contribution in [2.24, 2.45) is 4.99 Å². The van der Waals surface area contributed by atoms with Gasteiger partial charge in [0.05, 0.1) is 5.56 Å². The normalized spacial score (nSPS) is 13.4. The number of ether oxygens (including phenoxy) is 1. The Morgan fingerprint density at radius 3 is 2.97 bits per heavy atom. The van der Waals surface area contributed by atoms with Crippen molar-refractivity contribution in [1.29, 1.82) is 0 Å². The summed E-state index contributed by atoms with van der Waals surface area (Å²) in [5, 5.41) is 5.46. The van der Waals surface area contributed by atoms with Gasteiger partial charge in [0, 0.05) is 41.9 Å². The van der Waals surface area contributed by atoms with E-state index < -0.39 is 11.7 Å². The van der Waals surface area contributed by atoms with E-state index in [0.29, 0.717) is 29.0 Å². The van der Waals surface area contributed by atoms with Gasteiger partial charge in [-0.05, 0) is 46.2 Å². The molecule has 0 aliphatic carbocycles. The van der Waals surface area contributed by atoms with Crippen LogP contribution in [0.4, 0.5) is 4.79 Å². The van der Waals surface area contributed by atoms with Crippen LogP contribution in [-0.2, 0) is 11.3 Å². The maximum absolute atomic E-state index is 12.7. The Balaban J connectivity index is 1.66. The van der Waals surface area contributed by atoms with Crippen LogP contribution in [0.2, 0.25) is 0 Å². The molecule has 3 rings (SSSR count). The summed E-state index contributed by atoms with van der Waals surface area (Å²) in [7, 11) is 0. The minimum atomic E-state index is -0.532. The predicted octanol–water partition coefficient (Wildman–Crippen LogP) is 3.47. The lowest BCUT2D eigenvalue weighted by atomic mass is 10.2. The maximum atomic E-state index is 12.7. The van der Waals surface area contributed by atoms with Gasteiger partial charge in [0.15, 0.2) is 4.80 Å². The van der Waals surface area contributed by atoms with E-state index in [1.165, 1.54) is 11.3 Å². The zero-order chi connectivity index (χ0) is 21.0. The average Bonchev–Trinajstić information content (AvgIpc) is 3.24. The smallest absolute Gasteiger partial charge is 0.407 e. The van der Waals surface area contributed by atoms with Crippen molar-refractivity contribution in [2.45, 2.75) is 52.3 Å². The molecule has 0 aromatic carbocycles. The van der Waals surface area contributed by atoms with Crippen LogP contribution >= 0.6 is 11.3 Å².